The van der Waals surface area contributed by atoms with Gasteiger partial charge in [-0.3, -0.25) is 4.79 Å². The molecule has 1 fully saturated rings. The van der Waals surface area contributed by atoms with E-state index < -0.39 is 15.9 Å². The number of nitrogens with zero attached hydrogens (tertiary/aromatic N) is 1. The van der Waals surface area contributed by atoms with Gasteiger partial charge in [-0.05, 0) is 48.7 Å². The molecule has 0 bridgehead atoms. The van der Waals surface area contributed by atoms with Crippen LogP contribution in [0.5, 0.6) is 0 Å². The summed E-state index contributed by atoms with van der Waals surface area (Å²) in [6, 6.07) is 11.0. The lowest BCUT2D eigenvalue weighted by atomic mass is 10.00. The average Bonchev–Trinajstić information content (AvgIpc) is 2.70. The Morgan fingerprint density at radius 3 is 2.62 bits per heavy atom. The third-order valence-electron chi connectivity index (χ3n) is 4.92. The molecule has 1 aliphatic heterocycles. The van der Waals surface area contributed by atoms with Crippen molar-refractivity contribution in [1.82, 2.24) is 4.31 Å². The Hall–Kier alpha value is -2.29. The number of carbonyl (C=O) groups is 1. The van der Waals surface area contributed by atoms with Crippen LogP contribution >= 0.6 is 0 Å². The van der Waals surface area contributed by atoms with Gasteiger partial charge in [0, 0.05) is 24.7 Å². The number of hydrogen-bond acceptors (Lipinski definition) is 4. The summed E-state index contributed by atoms with van der Waals surface area (Å²) in [5.74, 6) is -1.00. The Morgan fingerprint density at radius 1 is 1.21 bits per heavy atom. The number of nitrogens with one attached hydrogen (secondary N) is 1. The molecule has 1 saturated heterocycles. The number of amides is 1. The Bertz CT molecular complexity index is 988. The summed E-state index contributed by atoms with van der Waals surface area (Å²) in [6.45, 7) is 4.83. The van der Waals surface area contributed by atoms with Gasteiger partial charge in [0.2, 0.25) is 15.9 Å². The number of benzene rings is 2. The smallest absolute Gasteiger partial charge is 0.243 e. The zero-order valence-corrected chi connectivity index (χ0v) is 17.3. The van der Waals surface area contributed by atoms with E-state index >= 15 is 0 Å². The third-order valence-corrected chi connectivity index (χ3v) is 6.96. The number of ether oxygens (including phenoxy) is 1. The van der Waals surface area contributed by atoms with Gasteiger partial charge in [0.15, 0.2) is 0 Å². The normalized spacial score (nSPS) is 16.4. The maximum absolute atomic E-state index is 13.3. The molecule has 6 nitrogen and oxygen atoms in total. The molecular weight excluding hydrogens is 395 g/mol. The van der Waals surface area contributed by atoms with Crippen LogP contribution in [0.1, 0.15) is 18.1 Å². The molecule has 1 amide bonds. The molecule has 2 aromatic carbocycles. The Morgan fingerprint density at radius 2 is 1.93 bits per heavy atom. The van der Waals surface area contributed by atoms with E-state index in [4.69, 9.17) is 4.74 Å². The van der Waals surface area contributed by atoms with Crippen molar-refractivity contribution in [1.29, 1.82) is 0 Å². The molecule has 2 aromatic rings. The number of carbonyl (C=O) groups excluding carboxylic acids is 1. The SMILES string of the molecule is Cc1ccc(NC(=O)C(C)Cc2cccc(F)c2)cc1S(=O)(=O)N1CCOCC1. The van der Waals surface area contributed by atoms with Gasteiger partial charge >= 0.3 is 0 Å². The van der Waals surface area contributed by atoms with E-state index in [1.54, 1.807) is 38.1 Å². The van der Waals surface area contributed by atoms with Gasteiger partial charge in [-0.15, -0.1) is 0 Å². The molecule has 1 aliphatic rings. The lowest BCUT2D eigenvalue weighted by Crippen LogP contribution is -2.40. The van der Waals surface area contributed by atoms with Crippen molar-refractivity contribution in [3.8, 4) is 0 Å². The maximum atomic E-state index is 13.3. The molecule has 0 radical (unpaired) electrons. The summed E-state index contributed by atoms with van der Waals surface area (Å²) in [5, 5.41) is 2.78. The van der Waals surface area contributed by atoms with Crippen molar-refractivity contribution < 1.29 is 22.3 Å². The topological polar surface area (TPSA) is 75.7 Å². The Labute approximate surface area is 170 Å². The highest BCUT2D eigenvalue weighted by molar-refractivity contribution is 7.89. The summed E-state index contributed by atoms with van der Waals surface area (Å²) in [4.78, 5) is 12.7. The van der Waals surface area contributed by atoms with Crippen LogP contribution < -0.4 is 5.32 Å². The minimum absolute atomic E-state index is 0.176. The fourth-order valence-corrected chi connectivity index (χ4v) is 4.92. The van der Waals surface area contributed by atoms with Crippen LogP contribution in [0.4, 0.5) is 10.1 Å². The molecule has 1 atom stereocenters. The van der Waals surface area contributed by atoms with E-state index in [1.807, 2.05) is 0 Å². The van der Waals surface area contributed by atoms with Gasteiger partial charge in [-0.25, -0.2) is 12.8 Å². The van der Waals surface area contributed by atoms with Crippen molar-refractivity contribution >= 4 is 21.6 Å². The number of aryl methyl sites for hydroxylation is 1. The van der Waals surface area contributed by atoms with Crippen LogP contribution in [-0.4, -0.2) is 44.9 Å². The van der Waals surface area contributed by atoms with Gasteiger partial charge in [0.1, 0.15) is 5.82 Å². The molecular formula is C21H25FN2O4S. The van der Waals surface area contributed by atoms with Crippen molar-refractivity contribution in [2.45, 2.75) is 25.2 Å². The molecule has 1 N–H and O–H groups in total. The fourth-order valence-electron chi connectivity index (χ4n) is 3.26. The lowest BCUT2D eigenvalue weighted by molar-refractivity contribution is -0.119. The molecule has 0 saturated carbocycles. The van der Waals surface area contributed by atoms with E-state index in [0.717, 1.165) is 5.56 Å². The van der Waals surface area contributed by atoms with E-state index in [9.17, 15) is 17.6 Å². The quantitative estimate of drug-likeness (QED) is 0.780. The zero-order chi connectivity index (χ0) is 21.0. The van der Waals surface area contributed by atoms with Crippen LogP contribution in [0.15, 0.2) is 47.4 Å². The largest absolute Gasteiger partial charge is 0.379 e. The monoisotopic (exact) mass is 420 g/mol. The standard InChI is InChI=1S/C21H25FN2O4S/c1-15-6-7-19(14-20(15)29(26,27)24-8-10-28-11-9-24)23-21(25)16(2)12-17-4-3-5-18(22)13-17/h3-7,13-14,16H,8-12H2,1-2H3,(H,23,25). The first-order valence-electron chi connectivity index (χ1n) is 9.51. The lowest BCUT2D eigenvalue weighted by Gasteiger charge is -2.27. The van der Waals surface area contributed by atoms with Gasteiger partial charge in [-0.1, -0.05) is 25.1 Å². The van der Waals surface area contributed by atoms with Crippen LogP contribution in [0.25, 0.3) is 0 Å². The molecule has 0 aliphatic carbocycles. The fraction of sp³-hybridized carbons (Fsp3) is 0.381. The van der Waals surface area contributed by atoms with Crippen LogP contribution in [0.2, 0.25) is 0 Å². The second-order valence-electron chi connectivity index (χ2n) is 7.22. The predicted octanol–water partition coefficient (Wildman–Crippen LogP) is 2.97. The summed E-state index contributed by atoms with van der Waals surface area (Å²) >= 11 is 0. The predicted molar refractivity (Wildman–Crippen MR) is 109 cm³/mol. The first-order valence-corrected chi connectivity index (χ1v) is 11.0. The number of rotatable bonds is 6. The van der Waals surface area contributed by atoms with E-state index in [2.05, 4.69) is 5.32 Å². The van der Waals surface area contributed by atoms with E-state index in [-0.39, 0.29) is 16.6 Å². The number of sulfonamides is 1. The van der Waals surface area contributed by atoms with Gasteiger partial charge in [0.25, 0.3) is 0 Å². The minimum Gasteiger partial charge on any atom is -0.379 e. The average molecular weight is 421 g/mol. The molecule has 1 heterocycles. The number of halogens is 1. The van der Waals surface area contributed by atoms with E-state index in [1.165, 1.54) is 22.5 Å². The molecule has 8 heteroatoms. The van der Waals surface area contributed by atoms with Gasteiger partial charge < -0.3 is 10.1 Å². The molecule has 156 valence electrons. The summed E-state index contributed by atoms with van der Waals surface area (Å²) in [7, 11) is -3.66. The van der Waals surface area contributed by atoms with Crippen LogP contribution in [-0.2, 0) is 26.0 Å². The molecule has 3 rings (SSSR count). The highest BCUT2D eigenvalue weighted by Gasteiger charge is 2.28. The molecule has 0 aromatic heterocycles. The second-order valence-corrected chi connectivity index (χ2v) is 9.13. The number of anilines is 1. The highest BCUT2D eigenvalue weighted by atomic mass is 32.2. The van der Waals surface area contributed by atoms with Crippen molar-refractivity contribution in [2.75, 3.05) is 31.6 Å². The number of morpholine rings is 1. The Kier molecular flexibility index (Phi) is 6.66. The van der Waals surface area contributed by atoms with Crippen LogP contribution in [0, 0.1) is 18.7 Å². The van der Waals surface area contributed by atoms with Gasteiger partial charge in [-0.2, -0.15) is 4.31 Å². The molecule has 29 heavy (non-hydrogen) atoms. The van der Waals surface area contributed by atoms with E-state index in [0.29, 0.717) is 44.0 Å². The minimum atomic E-state index is -3.66. The van der Waals surface area contributed by atoms with Crippen molar-refractivity contribution in [3.63, 3.8) is 0 Å². The third kappa shape index (κ3) is 5.20. The summed E-state index contributed by atoms with van der Waals surface area (Å²) < 4.78 is 45.9. The molecule has 1 unspecified atom stereocenters. The van der Waals surface area contributed by atoms with Gasteiger partial charge in [0.05, 0.1) is 18.1 Å². The molecule has 0 spiro atoms. The first kappa shape index (κ1) is 21.4. The Balaban J connectivity index is 1.74. The summed E-state index contributed by atoms with van der Waals surface area (Å²) in [5.41, 5.74) is 1.76. The summed E-state index contributed by atoms with van der Waals surface area (Å²) in [6.07, 6.45) is 0.383. The highest BCUT2D eigenvalue weighted by Crippen LogP contribution is 2.25. The number of hydrogen-bond donors (Lipinski definition) is 1. The second kappa shape index (κ2) is 9.02. The first-order chi connectivity index (χ1) is 13.8. The maximum Gasteiger partial charge on any atom is 0.243 e. The van der Waals surface area contributed by atoms with Crippen molar-refractivity contribution in [2.24, 2.45) is 5.92 Å². The van der Waals surface area contributed by atoms with Crippen molar-refractivity contribution in [3.05, 3.63) is 59.4 Å². The zero-order valence-electron chi connectivity index (χ0n) is 16.5. The van der Waals surface area contributed by atoms with Crippen LogP contribution in [0.3, 0.4) is 0 Å².